The van der Waals surface area contributed by atoms with E-state index < -0.39 is 0 Å². The van der Waals surface area contributed by atoms with E-state index in [9.17, 15) is 0 Å². The minimum atomic E-state index is 0.411. The van der Waals surface area contributed by atoms with Crippen molar-refractivity contribution in [3.8, 4) is 0 Å². The van der Waals surface area contributed by atoms with Crippen molar-refractivity contribution in [1.29, 1.82) is 0 Å². The largest absolute Gasteiger partial charge is 0.374 e. The highest BCUT2D eigenvalue weighted by atomic mass is 16.5. The maximum atomic E-state index is 5.47. The Hall–Kier alpha value is -0.560. The summed E-state index contributed by atoms with van der Waals surface area (Å²) in [5, 5.41) is 0. The van der Waals surface area contributed by atoms with E-state index >= 15 is 0 Å². The zero-order valence-electron chi connectivity index (χ0n) is 7.34. The predicted octanol–water partition coefficient (Wildman–Crippen LogP) is 2.69. The lowest BCUT2D eigenvalue weighted by Crippen LogP contribution is -2.13. The van der Waals surface area contributed by atoms with Gasteiger partial charge in [-0.15, -0.1) is 0 Å². The van der Waals surface area contributed by atoms with Gasteiger partial charge in [-0.05, 0) is 25.3 Å². The van der Waals surface area contributed by atoms with Crippen LogP contribution in [0.3, 0.4) is 0 Å². The topological polar surface area (TPSA) is 9.23 Å². The van der Waals surface area contributed by atoms with Gasteiger partial charge in [0.15, 0.2) is 0 Å². The van der Waals surface area contributed by atoms with Crippen molar-refractivity contribution < 1.29 is 4.74 Å². The Labute approximate surface area is 68.8 Å². The summed E-state index contributed by atoms with van der Waals surface area (Å²) in [7, 11) is 0. The number of allylic oxidation sites excluding steroid dienone is 1. The first-order chi connectivity index (χ1) is 5.33. The molecule has 1 aliphatic rings. The highest BCUT2D eigenvalue weighted by Crippen LogP contribution is 2.12. The van der Waals surface area contributed by atoms with Crippen LogP contribution < -0.4 is 0 Å². The van der Waals surface area contributed by atoms with Crippen molar-refractivity contribution in [3.05, 3.63) is 23.8 Å². The van der Waals surface area contributed by atoms with Gasteiger partial charge in [0.2, 0.25) is 0 Å². The van der Waals surface area contributed by atoms with Crippen LogP contribution in [0, 0.1) is 0 Å². The number of ether oxygens (including phenoxy) is 1. The molecule has 1 heterocycles. The first-order valence-corrected chi connectivity index (χ1v) is 4.30. The summed E-state index contributed by atoms with van der Waals surface area (Å²) in [4.78, 5) is 0. The van der Waals surface area contributed by atoms with E-state index in [0.29, 0.717) is 6.10 Å². The van der Waals surface area contributed by atoms with Gasteiger partial charge in [0.25, 0.3) is 0 Å². The summed E-state index contributed by atoms with van der Waals surface area (Å²) in [6, 6.07) is 0. The van der Waals surface area contributed by atoms with Gasteiger partial charge < -0.3 is 4.74 Å². The Morgan fingerprint density at radius 3 is 3.09 bits per heavy atom. The Kier molecular flexibility index (Phi) is 3.37. The van der Waals surface area contributed by atoms with Crippen LogP contribution in [0.5, 0.6) is 0 Å². The third kappa shape index (κ3) is 2.89. The van der Waals surface area contributed by atoms with E-state index in [4.69, 9.17) is 4.74 Å². The molecule has 0 spiro atoms. The van der Waals surface area contributed by atoms with Gasteiger partial charge in [-0.3, -0.25) is 0 Å². The summed E-state index contributed by atoms with van der Waals surface area (Å²) < 4.78 is 5.47. The molecule has 0 fully saturated rings. The highest BCUT2D eigenvalue weighted by Gasteiger charge is 2.06. The van der Waals surface area contributed by atoms with E-state index in [0.717, 1.165) is 19.4 Å². The van der Waals surface area contributed by atoms with E-state index in [1.54, 1.807) is 0 Å². The number of hydrogen-bond donors (Lipinski definition) is 0. The maximum Gasteiger partial charge on any atom is 0.0717 e. The lowest BCUT2D eigenvalue weighted by molar-refractivity contribution is 0.0776. The van der Waals surface area contributed by atoms with Gasteiger partial charge in [-0.2, -0.15) is 0 Å². The highest BCUT2D eigenvalue weighted by molar-refractivity contribution is 5.20. The molecule has 1 heteroatoms. The fraction of sp³-hybridized carbons (Fsp3) is 0.600. The number of rotatable bonds is 2. The molecule has 0 amide bonds. The molecule has 0 aromatic rings. The fourth-order valence-electron chi connectivity index (χ4n) is 1.07. The molecular formula is C10H16O. The van der Waals surface area contributed by atoms with Crippen LogP contribution in [0.15, 0.2) is 23.8 Å². The van der Waals surface area contributed by atoms with E-state index in [1.807, 2.05) is 0 Å². The van der Waals surface area contributed by atoms with Crippen molar-refractivity contribution in [2.75, 3.05) is 6.61 Å². The molecule has 1 unspecified atom stereocenters. The summed E-state index contributed by atoms with van der Waals surface area (Å²) in [5.74, 6) is 0. The van der Waals surface area contributed by atoms with E-state index in [-0.39, 0.29) is 0 Å². The predicted molar refractivity (Wildman–Crippen MR) is 47.5 cm³/mol. The average molecular weight is 152 g/mol. The second-order valence-corrected chi connectivity index (χ2v) is 2.95. The molecule has 0 saturated heterocycles. The van der Waals surface area contributed by atoms with Crippen LogP contribution in [-0.4, -0.2) is 12.7 Å². The quantitative estimate of drug-likeness (QED) is 0.591. The first kappa shape index (κ1) is 8.54. The minimum absolute atomic E-state index is 0.411. The molecule has 0 N–H and O–H groups in total. The molecule has 62 valence electrons. The van der Waals surface area contributed by atoms with Crippen LogP contribution in [0.1, 0.15) is 26.7 Å². The van der Waals surface area contributed by atoms with Gasteiger partial charge in [-0.25, -0.2) is 0 Å². The van der Waals surface area contributed by atoms with Crippen LogP contribution in [0.2, 0.25) is 0 Å². The standard InChI is InChI=1S/C10H16O/c1-3-4-5-10-7-6-9(2)11-8-10/h4-5,7,9H,3,6,8H2,1-2H3/b5-4+. The second-order valence-electron chi connectivity index (χ2n) is 2.95. The van der Waals surface area contributed by atoms with E-state index in [1.165, 1.54) is 5.57 Å². The zero-order chi connectivity index (χ0) is 8.10. The van der Waals surface area contributed by atoms with Crippen molar-refractivity contribution >= 4 is 0 Å². The van der Waals surface area contributed by atoms with Gasteiger partial charge in [-0.1, -0.05) is 25.2 Å². The molecule has 0 saturated carbocycles. The Balaban J connectivity index is 2.41. The van der Waals surface area contributed by atoms with Crippen LogP contribution in [-0.2, 0) is 4.74 Å². The van der Waals surface area contributed by atoms with Crippen molar-refractivity contribution in [1.82, 2.24) is 0 Å². The zero-order valence-corrected chi connectivity index (χ0v) is 7.34. The minimum Gasteiger partial charge on any atom is -0.374 e. The molecule has 0 bridgehead atoms. The van der Waals surface area contributed by atoms with Crippen LogP contribution in [0.4, 0.5) is 0 Å². The summed E-state index contributed by atoms with van der Waals surface area (Å²) in [6.45, 7) is 5.04. The summed E-state index contributed by atoms with van der Waals surface area (Å²) >= 11 is 0. The molecule has 1 atom stereocenters. The van der Waals surface area contributed by atoms with Gasteiger partial charge >= 0.3 is 0 Å². The van der Waals surface area contributed by atoms with Crippen molar-refractivity contribution in [2.45, 2.75) is 32.8 Å². The van der Waals surface area contributed by atoms with Crippen LogP contribution in [0.25, 0.3) is 0 Å². The molecule has 1 nitrogen and oxygen atoms in total. The Morgan fingerprint density at radius 1 is 1.73 bits per heavy atom. The average Bonchev–Trinajstić information content (AvgIpc) is 2.04. The smallest absolute Gasteiger partial charge is 0.0717 e. The molecular weight excluding hydrogens is 136 g/mol. The molecule has 0 aliphatic carbocycles. The molecule has 0 aromatic heterocycles. The Bertz CT molecular complexity index is 168. The third-order valence-electron chi connectivity index (χ3n) is 1.81. The SMILES string of the molecule is CC/C=C/C1=CCC(C)OC1. The molecule has 0 radical (unpaired) electrons. The molecule has 11 heavy (non-hydrogen) atoms. The van der Waals surface area contributed by atoms with Gasteiger partial charge in [0.1, 0.15) is 0 Å². The summed E-state index contributed by atoms with van der Waals surface area (Å²) in [6.07, 6.45) is 9.17. The Morgan fingerprint density at radius 2 is 2.55 bits per heavy atom. The maximum absolute atomic E-state index is 5.47. The number of hydrogen-bond acceptors (Lipinski definition) is 1. The normalized spacial score (nSPS) is 25.6. The van der Waals surface area contributed by atoms with Gasteiger partial charge in [0.05, 0.1) is 12.7 Å². The molecule has 0 aromatic carbocycles. The van der Waals surface area contributed by atoms with E-state index in [2.05, 4.69) is 32.1 Å². The third-order valence-corrected chi connectivity index (χ3v) is 1.81. The molecule has 1 aliphatic heterocycles. The lowest BCUT2D eigenvalue weighted by Gasteiger charge is -2.17. The summed E-state index contributed by atoms with van der Waals surface area (Å²) in [5.41, 5.74) is 1.32. The molecule has 1 rings (SSSR count). The lowest BCUT2D eigenvalue weighted by atomic mass is 10.1. The van der Waals surface area contributed by atoms with Crippen LogP contribution >= 0.6 is 0 Å². The van der Waals surface area contributed by atoms with Gasteiger partial charge in [0, 0.05) is 0 Å². The fourth-order valence-corrected chi connectivity index (χ4v) is 1.07. The van der Waals surface area contributed by atoms with Crippen molar-refractivity contribution in [2.24, 2.45) is 0 Å². The monoisotopic (exact) mass is 152 g/mol. The van der Waals surface area contributed by atoms with Crippen molar-refractivity contribution in [3.63, 3.8) is 0 Å². The second kappa shape index (κ2) is 4.35. The first-order valence-electron chi connectivity index (χ1n) is 4.30.